The zero-order chi connectivity index (χ0) is 23.0. The van der Waals surface area contributed by atoms with Gasteiger partial charge in [-0.15, -0.1) is 0 Å². The number of hydrogen-bond donors (Lipinski definition) is 2. The molecule has 0 fully saturated rings. The summed E-state index contributed by atoms with van der Waals surface area (Å²) >= 11 is 3.44. The first-order valence-electron chi connectivity index (χ1n) is 10.0. The second kappa shape index (κ2) is 11.6. The molecule has 31 heavy (non-hydrogen) atoms. The van der Waals surface area contributed by atoms with Crippen LogP contribution in [0.25, 0.3) is 0 Å². The number of carbonyl (C=O) groups is 3. The highest BCUT2D eigenvalue weighted by Crippen LogP contribution is 2.34. The summed E-state index contributed by atoms with van der Waals surface area (Å²) in [4.78, 5) is 36.5. The fourth-order valence-electron chi connectivity index (χ4n) is 3.00. The average molecular weight is 499 g/mol. The van der Waals surface area contributed by atoms with Crippen LogP contribution in [0, 0.1) is 0 Å². The van der Waals surface area contributed by atoms with Gasteiger partial charge >= 0.3 is 18.0 Å². The first-order valence-corrected chi connectivity index (χ1v) is 10.8. The van der Waals surface area contributed by atoms with Crippen LogP contribution in [0.2, 0.25) is 0 Å². The molecule has 2 rings (SSSR count). The first-order chi connectivity index (χ1) is 14.8. The second-order valence-electron chi connectivity index (χ2n) is 6.53. The molecule has 2 amide bonds. The van der Waals surface area contributed by atoms with Crippen molar-refractivity contribution >= 4 is 33.9 Å². The molecule has 170 valence electrons. The molecule has 0 bridgehead atoms. The minimum atomic E-state index is -0.579. The van der Waals surface area contributed by atoms with E-state index in [2.05, 4.69) is 26.6 Å². The summed E-state index contributed by atoms with van der Waals surface area (Å²) in [6.07, 6.45) is -0.0448. The highest BCUT2D eigenvalue weighted by Gasteiger charge is 2.30. The third-order valence-corrected chi connectivity index (χ3v) is 5.03. The molecule has 10 heteroatoms. The summed E-state index contributed by atoms with van der Waals surface area (Å²) in [6.45, 7) is 7.90. The maximum absolute atomic E-state index is 12.5. The number of halogens is 1. The molecule has 1 atom stereocenters. The largest absolute Gasteiger partial charge is 0.490 e. The van der Waals surface area contributed by atoms with Crippen LogP contribution in [0.5, 0.6) is 11.5 Å². The van der Waals surface area contributed by atoms with Crippen molar-refractivity contribution in [2.45, 2.75) is 40.2 Å². The fourth-order valence-corrected chi connectivity index (χ4v) is 3.46. The molecule has 1 unspecified atom stereocenters. The Balaban J connectivity index is 2.14. The van der Waals surface area contributed by atoms with Gasteiger partial charge in [-0.3, -0.25) is 4.79 Å². The third-order valence-electron chi connectivity index (χ3n) is 4.29. The summed E-state index contributed by atoms with van der Waals surface area (Å²) in [7, 11) is 0. The van der Waals surface area contributed by atoms with Gasteiger partial charge in [0.25, 0.3) is 0 Å². The Hall–Kier alpha value is -2.75. The van der Waals surface area contributed by atoms with Crippen LogP contribution in [-0.4, -0.2) is 50.4 Å². The Kier molecular flexibility index (Phi) is 9.17. The lowest BCUT2D eigenvalue weighted by molar-refractivity contribution is -0.143. The van der Waals surface area contributed by atoms with Gasteiger partial charge in [-0.1, -0.05) is 15.9 Å². The predicted molar refractivity (Wildman–Crippen MR) is 116 cm³/mol. The third kappa shape index (κ3) is 6.61. The summed E-state index contributed by atoms with van der Waals surface area (Å²) < 4.78 is 22.2. The lowest BCUT2D eigenvalue weighted by Crippen LogP contribution is -2.50. The van der Waals surface area contributed by atoms with E-state index in [1.165, 1.54) is 0 Å². The molecule has 1 heterocycles. The van der Waals surface area contributed by atoms with Crippen LogP contribution in [0.3, 0.4) is 0 Å². The van der Waals surface area contributed by atoms with Gasteiger partial charge in [0.1, 0.15) is 6.61 Å². The Morgan fingerprint density at radius 2 is 1.68 bits per heavy atom. The second-order valence-corrected chi connectivity index (χ2v) is 7.38. The number of rotatable bonds is 10. The zero-order valence-corrected chi connectivity index (χ0v) is 19.6. The predicted octanol–water partition coefficient (Wildman–Crippen LogP) is 2.85. The molecule has 1 aromatic rings. The van der Waals surface area contributed by atoms with E-state index in [4.69, 9.17) is 18.9 Å². The lowest BCUT2D eigenvalue weighted by atomic mass is 10.0. The van der Waals surface area contributed by atoms with E-state index < -0.39 is 24.0 Å². The van der Waals surface area contributed by atoms with Gasteiger partial charge < -0.3 is 29.6 Å². The topological polar surface area (TPSA) is 112 Å². The van der Waals surface area contributed by atoms with Crippen LogP contribution < -0.4 is 20.1 Å². The van der Waals surface area contributed by atoms with Gasteiger partial charge in [-0.2, -0.15) is 0 Å². The fraction of sp³-hybridized carbons (Fsp3) is 0.476. The SMILES string of the molecule is CCOC(=O)C1=C(COC(=O)Cc2cc(OCC)c(OCC)cc2Br)NC(=O)NC1C. The quantitative estimate of drug-likeness (QED) is 0.476. The van der Waals surface area contributed by atoms with E-state index in [1.807, 2.05) is 13.8 Å². The summed E-state index contributed by atoms with van der Waals surface area (Å²) in [5, 5.41) is 5.11. The molecule has 2 N–H and O–H groups in total. The Morgan fingerprint density at radius 1 is 1.03 bits per heavy atom. The molecule has 1 aliphatic heterocycles. The van der Waals surface area contributed by atoms with Crippen molar-refractivity contribution in [1.29, 1.82) is 0 Å². The van der Waals surface area contributed by atoms with E-state index in [0.717, 1.165) is 0 Å². The van der Waals surface area contributed by atoms with Crippen molar-refractivity contribution in [3.63, 3.8) is 0 Å². The number of benzene rings is 1. The van der Waals surface area contributed by atoms with E-state index >= 15 is 0 Å². The van der Waals surface area contributed by atoms with Crippen LogP contribution in [0.15, 0.2) is 27.9 Å². The summed E-state index contributed by atoms with van der Waals surface area (Å²) in [5.41, 5.74) is 1.07. The minimum Gasteiger partial charge on any atom is -0.490 e. The minimum absolute atomic E-state index is 0.0448. The van der Waals surface area contributed by atoms with Gasteiger partial charge in [-0.25, -0.2) is 9.59 Å². The Bertz CT molecular complexity index is 870. The van der Waals surface area contributed by atoms with Crippen molar-refractivity contribution in [1.82, 2.24) is 10.6 Å². The summed E-state index contributed by atoms with van der Waals surface area (Å²) in [6, 6.07) is 2.41. The molecular weight excluding hydrogens is 472 g/mol. The molecule has 9 nitrogen and oxygen atoms in total. The molecule has 1 aliphatic rings. The normalized spacial score (nSPS) is 15.6. The maximum Gasteiger partial charge on any atom is 0.338 e. The van der Waals surface area contributed by atoms with Gasteiger partial charge in [0.2, 0.25) is 0 Å². The van der Waals surface area contributed by atoms with Crippen molar-refractivity contribution in [3.05, 3.63) is 33.4 Å². The van der Waals surface area contributed by atoms with Crippen molar-refractivity contribution in [3.8, 4) is 11.5 Å². The number of ether oxygens (including phenoxy) is 4. The molecule has 0 spiro atoms. The number of nitrogens with one attached hydrogen (secondary N) is 2. The highest BCUT2D eigenvalue weighted by atomic mass is 79.9. The van der Waals surface area contributed by atoms with E-state index in [0.29, 0.717) is 34.7 Å². The van der Waals surface area contributed by atoms with Gasteiger partial charge in [0.15, 0.2) is 11.5 Å². The van der Waals surface area contributed by atoms with Crippen LogP contribution >= 0.6 is 15.9 Å². The van der Waals surface area contributed by atoms with Gasteiger partial charge in [0.05, 0.1) is 43.6 Å². The smallest absolute Gasteiger partial charge is 0.338 e. The molecule has 0 saturated carbocycles. The summed E-state index contributed by atoms with van der Waals surface area (Å²) in [5.74, 6) is -0.0151. The van der Waals surface area contributed by atoms with Crippen molar-refractivity contribution in [2.75, 3.05) is 26.4 Å². The lowest BCUT2D eigenvalue weighted by Gasteiger charge is -2.26. The first kappa shape index (κ1) is 24.5. The monoisotopic (exact) mass is 498 g/mol. The molecular formula is C21H27BrN2O7. The molecule has 0 saturated heterocycles. The van der Waals surface area contributed by atoms with Crippen molar-refractivity contribution in [2.24, 2.45) is 0 Å². The number of hydrogen-bond acceptors (Lipinski definition) is 7. The van der Waals surface area contributed by atoms with Crippen molar-refractivity contribution < 1.29 is 33.3 Å². The zero-order valence-electron chi connectivity index (χ0n) is 18.0. The Labute approximate surface area is 189 Å². The standard InChI is InChI=1S/C21H27BrN2O7/c1-5-28-16-8-13(14(22)10-17(16)29-6-2)9-18(25)31-11-15-19(20(26)30-7-3)12(4)23-21(27)24-15/h8,10,12H,5-7,9,11H2,1-4H3,(H2,23,24,27). The van der Waals surface area contributed by atoms with Gasteiger partial charge in [-0.05, 0) is 45.4 Å². The number of urea groups is 1. The average Bonchev–Trinajstić information content (AvgIpc) is 2.69. The highest BCUT2D eigenvalue weighted by molar-refractivity contribution is 9.10. The number of amides is 2. The molecule has 0 aliphatic carbocycles. The van der Waals surface area contributed by atoms with Crippen LogP contribution in [0.1, 0.15) is 33.3 Å². The molecule has 1 aromatic carbocycles. The number of esters is 2. The molecule has 0 radical (unpaired) electrons. The van der Waals surface area contributed by atoms with E-state index in [-0.39, 0.29) is 30.9 Å². The molecule has 0 aromatic heterocycles. The maximum atomic E-state index is 12.5. The van der Waals surface area contributed by atoms with Gasteiger partial charge in [0, 0.05) is 4.47 Å². The Morgan fingerprint density at radius 3 is 2.29 bits per heavy atom. The van der Waals surface area contributed by atoms with E-state index in [9.17, 15) is 14.4 Å². The van der Waals surface area contributed by atoms with Crippen LogP contribution in [-0.2, 0) is 25.5 Å². The van der Waals surface area contributed by atoms with E-state index in [1.54, 1.807) is 26.0 Å². The number of carbonyl (C=O) groups excluding carboxylic acids is 3. The van der Waals surface area contributed by atoms with Crippen LogP contribution in [0.4, 0.5) is 4.79 Å².